The minimum atomic E-state index is 0.0840. The highest BCUT2D eigenvalue weighted by Gasteiger charge is 2.37. The number of piperidine rings is 1. The van der Waals surface area contributed by atoms with Crippen LogP contribution in [0.25, 0.3) is 0 Å². The Hall–Kier alpha value is -0.570. The zero-order valence-corrected chi connectivity index (χ0v) is 11.3. The summed E-state index contributed by atoms with van der Waals surface area (Å²) >= 11 is 0. The lowest BCUT2D eigenvalue weighted by molar-refractivity contribution is -0.104. The largest absolute Gasteiger partial charge is 0.375 e. The molecule has 0 aliphatic carbocycles. The normalized spacial score (nSPS) is 29.4. The van der Waals surface area contributed by atoms with E-state index in [-0.39, 0.29) is 5.60 Å². The Bertz CT molecular complexity index is 273. The predicted octanol–water partition coefficient (Wildman–Crippen LogP) is 3.19. The molecule has 0 amide bonds. The standard InChI is InChI=1S/C14H26N2O/c1-3-14(4-2)11-12(8-10-17-14)16-9-6-5-7-13(16)15/h12,15H,3-11H2,1-2H3. The molecular formula is C14H26N2O. The summed E-state index contributed by atoms with van der Waals surface area (Å²) in [7, 11) is 0. The highest BCUT2D eigenvalue weighted by atomic mass is 16.5. The maximum absolute atomic E-state index is 8.11. The molecule has 3 nitrogen and oxygen atoms in total. The molecular weight excluding hydrogens is 212 g/mol. The molecule has 1 N–H and O–H groups in total. The molecule has 2 rings (SSSR count). The monoisotopic (exact) mass is 238 g/mol. The van der Waals surface area contributed by atoms with Crippen molar-refractivity contribution >= 4 is 5.84 Å². The molecule has 0 radical (unpaired) electrons. The van der Waals surface area contributed by atoms with Crippen molar-refractivity contribution in [2.45, 2.75) is 70.4 Å². The van der Waals surface area contributed by atoms with Gasteiger partial charge in [0.2, 0.25) is 0 Å². The summed E-state index contributed by atoms with van der Waals surface area (Å²) in [5.41, 5.74) is 0.0840. The van der Waals surface area contributed by atoms with Gasteiger partial charge in [0.05, 0.1) is 11.4 Å². The van der Waals surface area contributed by atoms with Crippen molar-refractivity contribution in [2.24, 2.45) is 0 Å². The Morgan fingerprint density at radius 3 is 2.76 bits per heavy atom. The minimum absolute atomic E-state index is 0.0840. The van der Waals surface area contributed by atoms with Gasteiger partial charge in [-0.1, -0.05) is 13.8 Å². The van der Waals surface area contributed by atoms with Crippen molar-refractivity contribution in [1.82, 2.24) is 4.90 Å². The number of likely N-dealkylation sites (tertiary alicyclic amines) is 1. The van der Waals surface area contributed by atoms with E-state index < -0.39 is 0 Å². The first-order valence-electron chi connectivity index (χ1n) is 7.19. The first-order chi connectivity index (χ1) is 8.21. The average molecular weight is 238 g/mol. The molecule has 17 heavy (non-hydrogen) atoms. The topological polar surface area (TPSA) is 36.3 Å². The van der Waals surface area contributed by atoms with E-state index in [1.54, 1.807) is 0 Å². The van der Waals surface area contributed by atoms with Crippen molar-refractivity contribution in [3.8, 4) is 0 Å². The molecule has 2 fully saturated rings. The van der Waals surface area contributed by atoms with Crippen molar-refractivity contribution in [1.29, 1.82) is 5.41 Å². The zero-order chi connectivity index (χ0) is 12.3. The molecule has 0 aromatic carbocycles. The van der Waals surface area contributed by atoms with Crippen LogP contribution in [0, 0.1) is 5.41 Å². The average Bonchev–Trinajstić information content (AvgIpc) is 2.39. The third kappa shape index (κ3) is 2.65. The first kappa shape index (κ1) is 12.9. The second-order valence-electron chi connectivity index (χ2n) is 5.48. The second-order valence-corrected chi connectivity index (χ2v) is 5.48. The Kier molecular flexibility index (Phi) is 4.08. The zero-order valence-electron chi connectivity index (χ0n) is 11.3. The Morgan fingerprint density at radius 2 is 2.12 bits per heavy atom. The number of amidine groups is 1. The summed E-state index contributed by atoms with van der Waals surface area (Å²) < 4.78 is 6.02. The highest BCUT2D eigenvalue weighted by molar-refractivity contribution is 5.80. The van der Waals surface area contributed by atoms with Gasteiger partial charge in [0.1, 0.15) is 0 Å². The van der Waals surface area contributed by atoms with Crippen molar-refractivity contribution in [3.63, 3.8) is 0 Å². The molecule has 2 aliphatic heterocycles. The van der Waals surface area contributed by atoms with Gasteiger partial charge in [-0.3, -0.25) is 5.41 Å². The van der Waals surface area contributed by atoms with Crippen LogP contribution in [0.1, 0.15) is 58.8 Å². The van der Waals surface area contributed by atoms with Gasteiger partial charge >= 0.3 is 0 Å². The molecule has 0 aromatic heterocycles. The van der Waals surface area contributed by atoms with Crippen LogP contribution in [-0.2, 0) is 4.74 Å². The number of nitrogens with zero attached hydrogens (tertiary/aromatic N) is 1. The first-order valence-corrected chi connectivity index (χ1v) is 7.19. The molecule has 2 heterocycles. The summed E-state index contributed by atoms with van der Waals surface area (Å²) in [5, 5.41) is 8.11. The minimum Gasteiger partial charge on any atom is -0.375 e. The molecule has 1 unspecified atom stereocenters. The van der Waals surface area contributed by atoms with Crippen molar-refractivity contribution in [2.75, 3.05) is 13.2 Å². The van der Waals surface area contributed by atoms with Gasteiger partial charge in [-0.15, -0.1) is 0 Å². The van der Waals surface area contributed by atoms with Crippen LogP contribution in [0.2, 0.25) is 0 Å². The Morgan fingerprint density at radius 1 is 1.35 bits per heavy atom. The van der Waals surface area contributed by atoms with Crippen LogP contribution in [0.4, 0.5) is 0 Å². The van der Waals surface area contributed by atoms with Gasteiger partial charge in [0, 0.05) is 25.6 Å². The number of hydrogen-bond acceptors (Lipinski definition) is 2. The van der Waals surface area contributed by atoms with Crippen LogP contribution in [0.5, 0.6) is 0 Å². The predicted molar refractivity (Wildman–Crippen MR) is 70.6 cm³/mol. The van der Waals surface area contributed by atoms with Crippen LogP contribution in [0.3, 0.4) is 0 Å². The van der Waals surface area contributed by atoms with Crippen LogP contribution >= 0.6 is 0 Å². The van der Waals surface area contributed by atoms with Gasteiger partial charge in [0.15, 0.2) is 0 Å². The maximum Gasteiger partial charge on any atom is 0.0960 e. The van der Waals surface area contributed by atoms with Crippen LogP contribution < -0.4 is 0 Å². The summed E-state index contributed by atoms with van der Waals surface area (Å²) in [4.78, 5) is 2.35. The SMILES string of the molecule is CCC1(CC)CC(N2CCCCC2=N)CCO1. The highest BCUT2D eigenvalue weighted by Crippen LogP contribution is 2.34. The lowest BCUT2D eigenvalue weighted by Crippen LogP contribution is -2.51. The van der Waals surface area contributed by atoms with E-state index in [4.69, 9.17) is 10.1 Å². The molecule has 0 bridgehead atoms. The fourth-order valence-corrected chi connectivity index (χ4v) is 3.27. The van der Waals surface area contributed by atoms with Gasteiger partial charge in [-0.25, -0.2) is 0 Å². The molecule has 2 aliphatic rings. The third-order valence-corrected chi connectivity index (χ3v) is 4.61. The molecule has 98 valence electrons. The number of ether oxygens (including phenoxy) is 1. The van der Waals surface area contributed by atoms with Gasteiger partial charge in [0.25, 0.3) is 0 Å². The lowest BCUT2D eigenvalue weighted by atomic mass is 9.84. The summed E-state index contributed by atoms with van der Waals surface area (Å²) in [6.45, 7) is 6.42. The summed E-state index contributed by atoms with van der Waals surface area (Å²) in [6.07, 6.45) is 7.84. The summed E-state index contributed by atoms with van der Waals surface area (Å²) in [5.74, 6) is 0.865. The summed E-state index contributed by atoms with van der Waals surface area (Å²) in [6, 6.07) is 0.552. The third-order valence-electron chi connectivity index (χ3n) is 4.61. The Labute approximate surface area is 105 Å². The smallest absolute Gasteiger partial charge is 0.0960 e. The van der Waals surface area contributed by atoms with E-state index in [2.05, 4.69) is 18.7 Å². The molecule has 0 spiro atoms. The van der Waals surface area contributed by atoms with E-state index in [1.165, 1.54) is 12.8 Å². The van der Waals surface area contributed by atoms with Gasteiger partial charge in [-0.2, -0.15) is 0 Å². The Balaban J connectivity index is 2.03. The van der Waals surface area contributed by atoms with Crippen LogP contribution in [0.15, 0.2) is 0 Å². The molecule has 2 saturated heterocycles. The number of rotatable bonds is 3. The van der Waals surface area contributed by atoms with Gasteiger partial charge < -0.3 is 9.64 Å². The van der Waals surface area contributed by atoms with E-state index in [0.29, 0.717) is 6.04 Å². The molecule has 0 aromatic rings. The molecule has 0 saturated carbocycles. The molecule has 3 heteroatoms. The van der Waals surface area contributed by atoms with E-state index in [0.717, 1.165) is 51.1 Å². The quantitative estimate of drug-likeness (QED) is 0.819. The van der Waals surface area contributed by atoms with Crippen molar-refractivity contribution < 1.29 is 4.74 Å². The van der Waals surface area contributed by atoms with E-state index in [9.17, 15) is 0 Å². The van der Waals surface area contributed by atoms with Crippen molar-refractivity contribution in [3.05, 3.63) is 0 Å². The number of nitrogens with one attached hydrogen (secondary N) is 1. The van der Waals surface area contributed by atoms with Crippen LogP contribution in [-0.4, -0.2) is 35.5 Å². The second kappa shape index (κ2) is 5.38. The fraction of sp³-hybridized carbons (Fsp3) is 0.929. The number of hydrogen-bond donors (Lipinski definition) is 1. The molecule has 1 atom stereocenters. The van der Waals surface area contributed by atoms with E-state index in [1.807, 2.05) is 0 Å². The lowest BCUT2D eigenvalue weighted by Gasteiger charge is -2.46. The maximum atomic E-state index is 8.11. The fourth-order valence-electron chi connectivity index (χ4n) is 3.27. The van der Waals surface area contributed by atoms with Gasteiger partial charge in [-0.05, 0) is 38.5 Å². The van der Waals surface area contributed by atoms with E-state index >= 15 is 0 Å².